The minimum absolute atomic E-state index is 0.136. The molecule has 5 heteroatoms. The molecule has 0 aliphatic heterocycles. The number of nitrogen functional groups attached to an aromatic ring is 1. The van der Waals surface area contributed by atoms with Crippen molar-refractivity contribution in [2.45, 2.75) is 6.42 Å². The van der Waals surface area contributed by atoms with E-state index in [-0.39, 0.29) is 18.9 Å². The highest BCUT2D eigenvalue weighted by molar-refractivity contribution is 6.32. The van der Waals surface area contributed by atoms with Crippen LogP contribution in [0.4, 0.5) is 11.4 Å². The van der Waals surface area contributed by atoms with Crippen molar-refractivity contribution in [3.8, 4) is 5.75 Å². The Hall–Kier alpha value is -2.20. The van der Waals surface area contributed by atoms with E-state index in [0.29, 0.717) is 22.1 Å². The summed E-state index contributed by atoms with van der Waals surface area (Å²) in [7, 11) is 0. The fourth-order valence-electron chi connectivity index (χ4n) is 1.66. The van der Waals surface area contributed by atoms with Gasteiger partial charge in [-0.1, -0.05) is 29.8 Å². The van der Waals surface area contributed by atoms with Gasteiger partial charge in [0.1, 0.15) is 5.75 Å². The standard InChI is InChI=1S/C15H15ClN2O2/c16-13-6-1-2-7-14(13)20-9-8-15(19)18-12-5-3-4-11(17)10-12/h1-7,10H,8-9,17H2,(H,18,19). The normalized spacial score (nSPS) is 10.1. The number of nitrogens with one attached hydrogen (secondary N) is 1. The number of hydrogen-bond acceptors (Lipinski definition) is 3. The first-order valence-electron chi connectivity index (χ1n) is 6.18. The van der Waals surface area contributed by atoms with Gasteiger partial charge in [-0.2, -0.15) is 0 Å². The van der Waals surface area contributed by atoms with E-state index in [4.69, 9.17) is 22.1 Å². The molecule has 3 N–H and O–H groups in total. The van der Waals surface area contributed by atoms with Gasteiger partial charge in [-0.3, -0.25) is 4.79 Å². The summed E-state index contributed by atoms with van der Waals surface area (Å²) < 4.78 is 5.45. The van der Waals surface area contributed by atoms with Crippen molar-refractivity contribution in [1.82, 2.24) is 0 Å². The second-order valence-corrected chi connectivity index (χ2v) is 4.61. The van der Waals surface area contributed by atoms with Gasteiger partial charge in [-0.25, -0.2) is 0 Å². The number of amides is 1. The number of ether oxygens (including phenoxy) is 1. The van der Waals surface area contributed by atoms with E-state index in [0.717, 1.165) is 0 Å². The second-order valence-electron chi connectivity index (χ2n) is 4.20. The molecule has 104 valence electrons. The van der Waals surface area contributed by atoms with Crippen molar-refractivity contribution >= 4 is 28.9 Å². The van der Waals surface area contributed by atoms with Crippen LogP contribution in [0.3, 0.4) is 0 Å². The Kier molecular flexibility index (Phi) is 4.85. The second kappa shape index (κ2) is 6.82. The molecular weight excluding hydrogens is 276 g/mol. The lowest BCUT2D eigenvalue weighted by molar-refractivity contribution is -0.116. The fourth-order valence-corrected chi connectivity index (χ4v) is 1.85. The fraction of sp³-hybridized carbons (Fsp3) is 0.133. The lowest BCUT2D eigenvalue weighted by atomic mass is 10.3. The lowest BCUT2D eigenvalue weighted by Gasteiger charge is -2.08. The van der Waals surface area contributed by atoms with Crippen LogP contribution in [0.5, 0.6) is 5.75 Å². The first-order chi connectivity index (χ1) is 9.65. The molecule has 4 nitrogen and oxygen atoms in total. The predicted molar refractivity (Wildman–Crippen MR) is 81.0 cm³/mol. The summed E-state index contributed by atoms with van der Waals surface area (Å²) in [5.74, 6) is 0.438. The molecule has 0 saturated carbocycles. The topological polar surface area (TPSA) is 64.3 Å². The lowest BCUT2D eigenvalue weighted by Crippen LogP contribution is -2.15. The summed E-state index contributed by atoms with van der Waals surface area (Å²) in [6.45, 7) is 0.262. The van der Waals surface area contributed by atoms with Crippen LogP contribution >= 0.6 is 11.6 Å². The average Bonchev–Trinajstić information content (AvgIpc) is 2.41. The number of rotatable bonds is 5. The third kappa shape index (κ3) is 4.17. The van der Waals surface area contributed by atoms with Crippen LogP contribution in [-0.2, 0) is 4.79 Å². The molecule has 2 aromatic rings. The zero-order chi connectivity index (χ0) is 14.4. The Morgan fingerprint density at radius 1 is 1.20 bits per heavy atom. The van der Waals surface area contributed by atoms with E-state index in [9.17, 15) is 4.79 Å². The maximum absolute atomic E-state index is 11.7. The molecule has 20 heavy (non-hydrogen) atoms. The highest BCUT2D eigenvalue weighted by atomic mass is 35.5. The SMILES string of the molecule is Nc1cccc(NC(=O)CCOc2ccccc2Cl)c1. The molecule has 0 aliphatic rings. The Morgan fingerprint density at radius 2 is 2.00 bits per heavy atom. The van der Waals surface area contributed by atoms with E-state index < -0.39 is 0 Å². The molecule has 1 amide bonds. The van der Waals surface area contributed by atoms with Gasteiger partial charge in [0.15, 0.2) is 0 Å². The van der Waals surface area contributed by atoms with E-state index >= 15 is 0 Å². The highest BCUT2D eigenvalue weighted by Gasteiger charge is 2.04. The summed E-state index contributed by atoms with van der Waals surface area (Å²) in [5, 5.41) is 3.28. The van der Waals surface area contributed by atoms with Crippen LogP contribution in [0.15, 0.2) is 48.5 Å². The molecule has 0 aliphatic carbocycles. The van der Waals surface area contributed by atoms with Crippen LogP contribution in [-0.4, -0.2) is 12.5 Å². The van der Waals surface area contributed by atoms with Crippen LogP contribution in [0.25, 0.3) is 0 Å². The van der Waals surface area contributed by atoms with Crippen molar-refractivity contribution in [2.75, 3.05) is 17.7 Å². The van der Waals surface area contributed by atoms with Crippen molar-refractivity contribution in [3.63, 3.8) is 0 Å². The number of carbonyl (C=O) groups is 1. The molecule has 2 rings (SSSR count). The van der Waals surface area contributed by atoms with Gasteiger partial charge in [0.25, 0.3) is 0 Å². The van der Waals surface area contributed by atoms with Gasteiger partial charge in [0.05, 0.1) is 18.1 Å². The third-order valence-electron chi connectivity index (χ3n) is 2.59. The quantitative estimate of drug-likeness (QED) is 0.830. The number of halogens is 1. The number of benzene rings is 2. The summed E-state index contributed by atoms with van der Waals surface area (Å²) >= 11 is 5.95. The first-order valence-corrected chi connectivity index (χ1v) is 6.55. The molecule has 0 spiro atoms. The summed E-state index contributed by atoms with van der Waals surface area (Å²) in [4.78, 5) is 11.7. The summed E-state index contributed by atoms with van der Waals surface area (Å²) in [6, 6.07) is 14.2. The van der Waals surface area contributed by atoms with Gasteiger partial charge in [-0.15, -0.1) is 0 Å². The molecule has 2 aromatic carbocycles. The summed E-state index contributed by atoms with van der Waals surface area (Å²) in [5.41, 5.74) is 6.92. The van der Waals surface area contributed by atoms with Crippen molar-refractivity contribution in [3.05, 3.63) is 53.6 Å². The Bertz CT molecular complexity index is 602. The maximum Gasteiger partial charge on any atom is 0.227 e. The average molecular weight is 291 g/mol. The molecule has 0 saturated heterocycles. The Labute approximate surface area is 122 Å². The van der Waals surface area contributed by atoms with Crippen molar-refractivity contribution < 1.29 is 9.53 Å². The number of hydrogen-bond donors (Lipinski definition) is 2. The van der Waals surface area contributed by atoms with Gasteiger partial charge < -0.3 is 15.8 Å². The predicted octanol–water partition coefficient (Wildman–Crippen LogP) is 3.33. The van der Waals surface area contributed by atoms with E-state index in [1.54, 1.807) is 36.4 Å². The van der Waals surface area contributed by atoms with Gasteiger partial charge >= 0.3 is 0 Å². The van der Waals surface area contributed by atoms with E-state index in [1.165, 1.54) is 0 Å². The third-order valence-corrected chi connectivity index (χ3v) is 2.91. The zero-order valence-electron chi connectivity index (χ0n) is 10.8. The number of para-hydroxylation sites is 1. The Morgan fingerprint density at radius 3 is 2.75 bits per heavy atom. The molecule has 0 bridgehead atoms. The zero-order valence-corrected chi connectivity index (χ0v) is 11.6. The molecular formula is C15H15ClN2O2. The van der Waals surface area contributed by atoms with Crippen molar-refractivity contribution in [1.29, 1.82) is 0 Å². The summed E-state index contributed by atoms with van der Waals surface area (Å²) in [6.07, 6.45) is 0.236. The van der Waals surface area contributed by atoms with Gasteiger partial charge in [0.2, 0.25) is 5.91 Å². The molecule has 0 aromatic heterocycles. The Balaban J connectivity index is 1.80. The van der Waals surface area contributed by atoms with Crippen LogP contribution in [0.1, 0.15) is 6.42 Å². The molecule has 0 atom stereocenters. The largest absolute Gasteiger partial charge is 0.491 e. The van der Waals surface area contributed by atoms with Crippen LogP contribution < -0.4 is 15.8 Å². The van der Waals surface area contributed by atoms with E-state index in [2.05, 4.69) is 5.32 Å². The molecule has 0 unspecified atom stereocenters. The molecule has 0 heterocycles. The van der Waals surface area contributed by atoms with Crippen LogP contribution in [0, 0.1) is 0 Å². The number of nitrogens with two attached hydrogens (primary N) is 1. The van der Waals surface area contributed by atoms with E-state index in [1.807, 2.05) is 12.1 Å². The maximum atomic E-state index is 11.7. The number of anilines is 2. The number of carbonyl (C=O) groups excluding carboxylic acids is 1. The minimum Gasteiger partial charge on any atom is -0.491 e. The van der Waals surface area contributed by atoms with Gasteiger partial charge in [0, 0.05) is 11.4 Å². The monoisotopic (exact) mass is 290 g/mol. The first kappa shape index (κ1) is 14.2. The molecule has 0 radical (unpaired) electrons. The minimum atomic E-state index is -0.136. The van der Waals surface area contributed by atoms with Crippen molar-refractivity contribution in [2.24, 2.45) is 0 Å². The highest BCUT2D eigenvalue weighted by Crippen LogP contribution is 2.23. The van der Waals surface area contributed by atoms with Gasteiger partial charge in [-0.05, 0) is 30.3 Å². The smallest absolute Gasteiger partial charge is 0.227 e. The van der Waals surface area contributed by atoms with Crippen LogP contribution in [0.2, 0.25) is 5.02 Å². The molecule has 0 fully saturated rings.